The van der Waals surface area contributed by atoms with E-state index >= 15 is 0 Å². The maximum atomic E-state index is 11.8. The molecule has 4 nitrogen and oxygen atoms in total. The Kier molecular flexibility index (Phi) is 6.22. The second kappa shape index (κ2) is 7.71. The van der Waals surface area contributed by atoms with Gasteiger partial charge in [0.15, 0.2) is 0 Å². The summed E-state index contributed by atoms with van der Waals surface area (Å²) in [6, 6.07) is 7.62. The van der Waals surface area contributed by atoms with E-state index in [9.17, 15) is 4.79 Å². The molecule has 1 aromatic carbocycles. The van der Waals surface area contributed by atoms with Gasteiger partial charge in [-0.15, -0.1) is 0 Å². The lowest BCUT2D eigenvalue weighted by molar-refractivity contribution is 0.0527. The molecule has 0 amide bonds. The molecule has 0 bridgehead atoms. The largest absolute Gasteiger partial charge is 0.462 e. The molecule has 1 N–H and O–H groups in total. The third-order valence-corrected chi connectivity index (χ3v) is 2.58. The van der Waals surface area contributed by atoms with Crippen molar-refractivity contribution in [3.05, 3.63) is 29.8 Å². The average Bonchev–Trinajstić information content (AvgIpc) is 2.37. The SMILES string of the molecule is CCOC(=O)c1ccccc1NC(C)CCOC. The molecule has 0 saturated carbocycles. The Hall–Kier alpha value is -1.55. The summed E-state index contributed by atoms with van der Waals surface area (Å²) in [6.45, 7) is 4.93. The number of ether oxygens (including phenoxy) is 2. The lowest BCUT2D eigenvalue weighted by Crippen LogP contribution is -2.19. The van der Waals surface area contributed by atoms with Crippen LogP contribution in [0.1, 0.15) is 30.6 Å². The van der Waals surface area contributed by atoms with Crippen LogP contribution in [0.3, 0.4) is 0 Å². The molecule has 0 fully saturated rings. The number of carbonyl (C=O) groups excluding carboxylic acids is 1. The van der Waals surface area contributed by atoms with E-state index < -0.39 is 0 Å². The molecule has 100 valence electrons. The maximum Gasteiger partial charge on any atom is 0.340 e. The Bertz CT molecular complexity index is 379. The normalized spacial score (nSPS) is 11.9. The van der Waals surface area contributed by atoms with E-state index in [1.807, 2.05) is 18.2 Å². The Morgan fingerprint density at radius 3 is 2.78 bits per heavy atom. The molecule has 18 heavy (non-hydrogen) atoms. The minimum Gasteiger partial charge on any atom is -0.462 e. The number of hydrogen-bond donors (Lipinski definition) is 1. The highest BCUT2D eigenvalue weighted by atomic mass is 16.5. The van der Waals surface area contributed by atoms with Gasteiger partial charge >= 0.3 is 5.97 Å². The number of esters is 1. The minimum absolute atomic E-state index is 0.237. The van der Waals surface area contributed by atoms with E-state index in [1.165, 1.54) is 0 Å². The molecular weight excluding hydrogens is 230 g/mol. The molecule has 4 heteroatoms. The molecule has 1 rings (SSSR count). The summed E-state index contributed by atoms with van der Waals surface area (Å²) in [5, 5.41) is 3.30. The van der Waals surface area contributed by atoms with Crippen LogP contribution >= 0.6 is 0 Å². The number of rotatable bonds is 7. The van der Waals surface area contributed by atoms with Crippen molar-refractivity contribution in [3.8, 4) is 0 Å². The fourth-order valence-electron chi connectivity index (χ4n) is 1.63. The van der Waals surface area contributed by atoms with Crippen LogP contribution in [-0.2, 0) is 9.47 Å². The van der Waals surface area contributed by atoms with Crippen molar-refractivity contribution in [2.24, 2.45) is 0 Å². The fraction of sp³-hybridized carbons (Fsp3) is 0.500. The molecule has 0 aliphatic rings. The van der Waals surface area contributed by atoms with Gasteiger partial charge in [-0.3, -0.25) is 0 Å². The number of benzene rings is 1. The van der Waals surface area contributed by atoms with E-state index in [0.717, 1.165) is 12.1 Å². The van der Waals surface area contributed by atoms with Crippen molar-refractivity contribution >= 4 is 11.7 Å². The predicted molar refractivity (Wildman–Crippen MR) is 72.0 cm³/mol. The van der Waals surface area contributed by atoms with Gasteiger partial charge in [0, 0.05) is 25.4 Å². The molecule has 0 radical (unpaired) electrons. The molecule has 0 heterocycles. The van der Waals surface area contributed by atoms with Gasteiger partial charge in [-0.25, -0.2) is 4.79 Å². The third kappa shape index (κ3) is 4.37. The van der Waals surface area contributed by atoms with Gasteiger partial charge in [0.2, 0.25) is 0 Å². The highest BCUT2D eigenvalue weighted by Gasteiger charge is 2.13. The number of para-hydroxylation sites is 1. The first kappa shape index (κ1) is 14.5. The first-order chi connectivity index (χ1) is 8.69. The van der Waals surface area contributed by atoms with Gasteiger partial charge in [-0.05, 0) is 32.4 Å². The minimum atomic E-state index is -0.292. The van der Waals surface area contributed by atoms with Crippen LogP contribution in [0.15, 0.2) is 24.3 Å². The first-order valence-corrected chi connectivity index (χ1v) is 6.20. The first-order valence-electron chi connectivity index (χ1n) is 6.20. The summed E-state index contributed by atoms with van der Waals surface area (Å²) in [5.74, 6) is -0.292. The predicted octanol–water partition coefficient (Wildman–Crippen LogP) is 2.70. The summed E-state index contributed by atoms with van der Waals surface area (Å²) in [6.07, 6.45) is 0.883. The van der Waals surface area contributed by atoms with Crippen LogP contribution in [0.25, 0.3) is 0 Å². The standard InChI is InChI=1S/C14H21NO3/c1-4-18-14(16)12-7-5-6-8-13(12)15-11(2)9-10-17-3/h5-8,11,15H,4,9-10H2,1-3H3. The summed E-state index contributed by atoms with van der Waals surface area (Å²) in [5.41, 5.74) is 1.38. The van der Waals surface area contributed by atoms with Crippen molar-refractivity contribution in [1.29, 1.82) is 0 Å². The van der Waals surface area contributed by atoms with Crippen LogP contribution < -0.4 is 5.32 Å². The van der Waals surface area contributed by atoms with Gasteiger partial charge in [0.1, 0.15) is 0 Å². The van der Waals surface area contributed by atoms with E-state index in [-0.39, 0.29) is 12.0 Å². The monoisotopic (exact) mass is 251 g/mol. The molecule has 0 aliphatic heterocycles. The lowest BCUT2D eigenvalue weighted by Gasteiger charge is -2.17. The second-order valence-electron chi connectivity index (χ2n) is 4.09. The maximum absolute atomic E-state index is 11.8. The lowest BCUT2D eigenvalue weighted by atomic mass is 10.1. The van der Waals surface area contributed by atoms with Crippen molar-refractivity contribution in [2.45, 2.75) is 26.3 Å². The van der Waals surface area contributed by atoms with Gasteiger partial charge in [-0.1, -0.05) is 12.1 Å². The zero-order valence-corrected chi connectivity index (χ0v) is 11.2. The van der Waals surface area contributed by atoms with Crippen LogP contribution in [-0.4, -0.2) is 32.3 Å². The molecule has 1 aromatic rings. The summed E-state index contributed by atoms with van der Waals surface area (Å²) >= 11 is 0. The van der Waals surface area contributed by atoms with E-state index in [2.05, 4.69) is 12.2 Å². The Morgan fingerprint density at radius 1 is 1.39 bits per heavy atom. The van der Waals surface area contributed by atoms with Crippen molar-refractivity contribution in [3.63, 3.8) is 0 Å². The molecule has 0 aromatic heterocycles. The van der Waals surface area contributed by atoms with E-state index in [4.69, 9.17) is 9.47 Å². The van der Waals surface area contributed by atoms with Crippen molar-refractivity contribution in [1.82, 2.24) is 0 Å². The zero-order chi connectivity index (χ0) is 13.4. The number of anilines is 1. The fourth-order valence-corrected chi connectivity index (χ4v) is 1.63. The highest BCUT2D eigenvalue weighted by Crippen LogP contribution is 2.17. The Balaban J connectivity index is 2.72. The topological polar surface area (TPSA) is 47.6 Å². The van der Waals surface area contributed by atoms with Crippen LogP contribution in [0.5, 0.6) is 0 Å². The van der Waals surface area contributed by atoms with Crippen LogP contribution in [0.2, 0.25) is 0 Å². The molecule has 0 spiro atoms. The average molecular weight is 251 g/mol. The summed E-state index contributed by atoms with van der Waals surface area (Å²) in [4.78, 5) is 11.8. The van der Waals surface area contributed by atoms with E-state index in [0.29, 0.717) is 18.8 Å². The van der Waals surface area contributed by atoms with Crippen LogP contribution in [0.4, 0.5) is 5.69 Å². The Morgan fingerprint density at radius 2 is 2.11 bits per heavy atom. The van der Waals surface area contributed by atoms with Crippen molar-refractivity contribution in [2.75, 3.05) is 25.6 Å². The molecule has 0 aliphatic carbocycles. The third-order valence-electron chi connectivity index (χ3n) is 2.58. The Labute approximate surface area is 108 Å². The number of nitrogens with one attached hydrogen (secondary N) is 1. The van der Waals surface area contributed by atoms with Gasteiger partial charge in [0.05, 0.1) is 12.2 Å². The summed E-state index contributed by atoms with van der Waals surface area (Å²) in [7, 11) is 1.68. The number of carbonyl (C=O) groups is 1. The highest BCUT2D eigenvalue weighted by molar-refractivity contribution is 5.95. The molecule has 1 atom stereocenters. The van der Waals surface area contributed by atoms with Gasteiger partial charge in [-0.2, -0.15) is 0 Å². The summed E-state index contributed by atoms with van der Waals surface area (Å²) < 4.78 is 10.1. The molecule has 0 saturated heterocycles. The quantitative estimate of drug-likeness (QED) is 0.757. The van der Waals surface area contributed by atoms with E-state index in [1.54, 1.807) is 20.1 Å². The van der Waals surface area contributed by atoms with Crippen molar-refractivity contribution < 1.29 is 14.3 Å². The van der Waals surface area contributed by atoms with Gasteiger partial charge < -0.3 is 14.8 Å². The van der Waals surface area contributed by atoms with Gasteiger partial charge in [0.25, 0.3) is 0 Å². The molecule has 1 unspecified atom stereocenters. The smallest absolute Gasteiger partial charge is 0.340 e. The number of hydrogen-bond acceptors (Lipinski definition) is 4. The number of methoxy groups -OCH3 is 1. The molecular formula is C14H21NO3. The van der Waals surface area contributed by atoms with Crippen LogP contribution in [0, 0.1) is 0 Å². The zero-order valence-electron chi connectivity index (χ0n) is 11.2. The second-order valence-corrected chi connectivity index (χ2v) is 4.09.